The molecule has 1 fully saturated rings. The van der Waals surface area contributed by atoms with Crippen molar-refractivity contribution < 1.29 is 32.3 Å². The number of nitrogens with zero attached hydrogens (tertiary/aromatic N) is 1. The van der Waals surface area contributed by atoms with Crippen molar-refractivity contribution in [3.8, 4) is 11.5 Å². The molecule has 3 N–H and O–H groups in total. The van der Waals surface area contributed by atoms with Crippen molar-refractivity contribution in [3.63, 3.8) is 0 Å². The number of benzene rings is 2. The third kappa shape index (κ3) is 2.64. The molecule has 4 aliphatic rings. The van der Waals surface area contributed by atoms with Gasteiger partial charge in [-0.15, -0.1) is 0 Å². The van der Waals surface area contributed by atoms with Gasteiger partial charge >= 0.3 is 0 Å². The van der Waals surface area contributed by atoms with E-state index in [1.165, 1.54) is 5.56 Å². The molecule has 3 heterocycles. The van der Waals surface area contributed by atoms with Crippen LogP contribution in [0.25, 0.3) is 11.0 Å². The lowest BCUT2D eigenvalue weighted by Crippen LogP contribution is -2.73. The molecule has 2 aliphatic carbocycles. The number of fused-ring (bicyclic) bond motifs is 4. The number of phenols is 1. The van der Waals surface area contributed by atoms with Crippen LogP contribution < -0.4 is 4.74 Å². The van der Waals surface area contributed by atoms with Gasteiger partial charge in [0.2, 0.25) is 0 Å². The first-order valence-corrected chi connectivity index (χ1v) is 12.8. The first-order chi connectivity index (χ1) is 15.5. The van der Waals surface area contributed by atoms with Crippen LogP contribution in [0.3, 0.4) is 0 Å². The predicted octanol–water partition coefficient (Wildman–Crippen LogP) is 2.56. The molecule has 1 spiro atoms. The summed E-state index contributed by atoms with van der Waals surface area (Å²) in [5.74, 6) is 1.51. The molecule has 2 aliphatic heterocycles. The van der Waals surface area contributed by atoms with Gasteiger partial charge in [-0.05, 0) is 44.1 Å². The Balaban J connectivity index is 0.000000377. The van der Waals surface area contributed by atoms with E-state index < -0.39 is 27.2 Å². The standard InChI is InChI=1S/C23H21NO4.CH4O3S/c1-24-9-8-22-18-12-6-7-15(25)20(18)28-21(22)19-14(11-23(22,26)17(24)10-12)13-4-2-3-5-16(13)27-19;1-5(2,3)4/h2-7,17,21,25-26H,8-11H2,1H3;1H3,(H,2,3,4)/t17-,21-,22-,23+;/m0./s1. The van der Waals surface area contributed by atoms with Crippen LogP contribution in [0.4, 0.5) is 0 Å². The molecule has 9 heteroatoms. The van der Waals surface area contributed by atoms with Gasteiger partial charge in [-0.1, -0.05) is 24.3 Å². The van der Waals surface area contributed by atoms with Crippen LogP contribution in [-0.2, 0) is 28.4 Å². The second-order valence-corrected chi connectivity index (χ2v) is 11.1. The Bertz CT molecular complexity index is 1410. The van der Waals surface area contributed by atoms with Crippen LogP contribution in [0.15, 0.2) is 40.8 Å². The lowest BCUT2D eigenvalue weighted by Gasteiger charge is -2.61. The Morgan fingerprint density at radius 1 is 1.18 bits per heavy atom. The number of hydrogen-bond donors (Lipinski definition) is 3. The second-order valence-electron chi connectivity index (χ2n) is 9.64. The summed E-state index contributed by atoms with van der Waals surface area (Å²) in [4.78, 5) is 2.30. The van der Waals surface area contributed by atoms with Gasteiger partial charge in [0.05, 0.1) is 17.3 Å². The van der Waals surface area contributed by atoms with E-state index in [0.29, 0.717) is 18.4 Å². The number of rotatable bonds is 0. The number of hydrogen-bond acceptors (Lipinski definition) is 7. The van der Waals surface area contributed by atoms with Crippen LogP contribution >= 0.6 is 0 Å². The number of aliphatic hydroxyl groups is 1. The van der Waals surface area contributed by atoms with Gasteiger partial charge in [0.15, 0.2) is 17.6 Å². The smallest absolute Gasteiger partial charge is 0.261 e. The molecule has 2 bridgehead atoms. The molecule has 0 amide bonds. The predicted molar refractivity (Wildman–Crippen MR) is 120 cm³/mol. The summed E-state index contributed by atoms with van der Waals surface area (Å²) in [5, 5.41) is 24.0. The quantitative estimate of drug-likeness (QED) is 0.428. The fourth-order valence-electron chi connectivity index (χ4n) is 6.69. The number of para-hydroxylation sites is 1. The van der Waals surface area contributed by atoms with Crippen molar-refractivity contribution in [1.82, 2.24) is 4.90 Å². The van der Waals surface area contributed by atoms with Gasteiger partial charge in [0.1, 0.15) is 11.3 Å². The van der Waals surface area contributed by atoms with E-state index in [9.17, 15) is 18.6 Å². The summed E-state index contributed by atoms with van der Waals surface area (Å²) in [6.07, 6.45) is 2.39. The zero-order valence-corrected chi connectivity index (χ0v) is 19.1. The molecule has 4 atom stereocenters. The Morgan fingerprint density at radius 2 is 1.91 bits per heavy atom. The number of furan rings is 1. The third-order valence-corrected chi connectivity index (χ3v) is 7.89. The minimum absolute atomic E-state index is 0.0113. The average molecular weight is 472 g/mol. The highest BCUT2D eigenvalue weighted by atomic mass is 32.2. The van der Waals surface area contributed by atoms with Gasteiger partial charge < -0.3 is 24.3 Å². The monoisotopic (exact) mass is 471 g/mol. The lowest BCUT2D eigenvalue weighted by atomic mass is 9.49. The highest BCUT2D eigenvalue weighted by molar-refractivity contribution is 7.85. The van der Waals surface area contributed by atoms with E-state index in [1.54, 1.807) is 6.07 Å². The lowest BCUT2D eigenvalue weighted by molar-refractivity contribution is -0.170. The maximum atomic E-state index is 12.4. The van der Waals surface area contributed by atoms with E-state index in [4.69, 9.17) is 13.7 Å². The van der Waals surface area contributed by atoms with E-state index in [1.807, 2.05) is 24.3 Å². The SMILES string of the molecule is CN1CC[C@]23c4c5ccc(O)c4O[C@H]2c2oc4ccccc4c2C[C@@]3(O)[C@@H]1C5.CS(=O)(=O)O. The summed E-state index contributed by atoms with van der Waals surface area (Å²) in [6.45, 7) is 0.886. The molecular formula is C24H25NO7S. The van der Waals surface area contributed by atoms with E-state index in [0.717, 1.165) is 47.2 Å². The molecule has 8 nitrogen and oxygen atoms in total. The fourth-order valence-corrected chi connectivity index (χ4v) is 6.69. The summed E-state index contributed by atoms with van der Waals surface area (Å²) < 4.78 is 38.6. The minimum Gasteiger partial charge on any atom is -0.504 e. The van der Waals surface area contributed by atoms with Gasteiger partial charge in [-0.3, -0.25) is 4.55 Å². The topological polar surface area (TPSA) is 120 Å². The largest absolute Gasteiger partial charge is 0.504 e. The van der Waals surface area contributed by atoms with Gasteiger partial charge in [0.25, 0.3) is 10.1 Å². The van der Waals surface area contributed by atoms with E-state index >= 15 is 0 Å². The number of phenolic OH excluding ortho intramolecular Hbond substituents is 1. The van der Waals surface area contributed by atoms with Gasteiger partial charge in [-0.25, -0.2) is 0 Å². The molecule has 2 aromatic carbocycles. The van der Waals surface area contributed by atoms with Crippen LogP contribution in [0.2, 0.25) is 0 Å². The number of aromatic hydroxyl groups is 1. The van der Waals surface area contributed by atoms with Gasteiger partial charge in [0, 0.05) is 29.0 Å². The zero-order chi connectivity index (χ0) is 23.3. The maximum Gasteiger partial charge on any atom is 0.261 e. The first-order valence-electron chi connectivity index (χ1n) is 10.9. The highest BCUT2D eigenvalue weighted by Gasteiger charge is 2.73. The molecular weight excluding hydrogens is 446 g/mol. The van der Waals surface area contributed by atoms with Crippen molar-refractivity contribution in [2.75, 3.05) is 19.8 Å². The molecule has 1 saturated heterocycles. The zero-order valence-electron chi connectivity index (χ0n) is 18.3. The summed E-state index contributed by atoms with van der Waals surface area (Å²) in [7, 11) is -1.56. The molecule has 0 saturated carbocycles. The number of ether oxygens (including phenoxy) is 1. The van der Waals surface area contributed by atoms with E-state index in [-0.39, 0.29) is 11.8 Å². The first kappa shape index (κ1) is 21.0. The molecule has 33 heavy (non-hydrogen) atoms. The molecule has 1 aromatic heterocycles. The van der Waals surface area contributed by atoms with Gasteiger partial charge in [-0.2, -0.15) is 8.42 Å². The average Bonchev–Trinajstić information content (AvgIpc) is 3.27. The van der Waals surface area contributed by atoms with Crippen molar-refractivity contribution in [3.05, 3.63) is 58.8 Å². The second kappa shape index (κ2) is 6.50. The van der Waals surface area contributed by atoms with E-state index in [2.05, 4.69) is 18.0 Å². The van der Waals surface area contributed by atoms with Crippen molar-refractivity contribution in [2.45, 2.75) is 42.4 Å². The number of likely N-dealkylation sites (tertiary alicyclic amines) is 1. The molecule has 7 rings (SSSR count). The Kier molecular flexibility index (Phi) is 4.13. The van der Waals surface area contributed by atoms with Crippen molar-refractivity contribution in [1.29, 1.82) is 0 Å². The van der Waals surface area contributed by atoms with Crippen LogP contribution in [0, 0.1) is 0 Å². The molecule has 0 radical (unpaired) electrons. The van der Waals surface area contributed by atoms with Crippen LogP contribution in [-0.4, -0.2) is 59.6 Å². The molecule has 174 valence electrons. The third-order valence-electron chi connectivity index (χ3n) is 7.89. The normalized spacial score (nSPS) is 31.3. The fraction of sp³-hybridized carbons (Fsp3) is 0.417. The van der Waals surface area contributed by atoms with Crippen molar-refractivity contribution >= 4 is 21.1 Å². The Hall–Kier alpha value is -2.59. The Morgan fingerprint density at radius 3 is 2.67 bits per heavy atom. The summed E-state index contributed by atoms with van der Waals surface area (Å²) in [5.41, 5.74) is 2.53. The molecule has 3 aromatic rings. The molecule has 0 unspecified atom stereocenters. The number of piperidine rings is 1. The van der Waals surface area contributed by atoms with Crippen LogP contribution in [0.5, 0.6) is 11.5 Å². The van der Waals surface area contributed by atoms with Crippen LogP contribution in [0.1, 0.15) is 35.0 Å². The minimum atomic E-state index is -3.67. The summed E-state index contributed by atoms with van der Waals surface area (Å²) in [6, 6.07) is 11.8. The Labute approximate surface area is 191 Å². The van der Waals surface area contributed by atoms with Crippen molar-refractivity contribution in [2.24, 2.45) is 0 Å². The maximum absolute atomic E-state index is 12.4. The summed E-state index contributed by atoms with van der Waals surface area (Å²) >= 11 is 0. The number of likely N-dealkylation sites (N-methyl/N-ethyl adjacent to an activating group) is 1. The highest BCUT2D eigenvalue weighted by Crippen LogP contribution is 2.69.